The maximum Gasteiger partial charge on any atom is 0.225 e. The Morgan fingerprint density at radius 1 is 1.15 bits per heavy atom. The molecule has 0 aliphatic carbocycles. The fourth-order valence-electron chi connectivity index (χ4n) is 3.88. The minimum atomic E-state index is -0.229. The SMILES string of the molecule is CCCCC(C)(CNC)Nc1nc(NCc2ccc(OC)cc2OC)nc2cc(C=O)cnc12. The van der Waals surface area contributed by atoms with Crippen molar-refractivity contribution in [2.75, 3.05) is 38.4 Å². The van der Waals surface area contributed by atoms with Gasteiger partial charge in [-0.3, -0.25) is 4.79 Å². The molecular formula is C25H34N6O3. The van der Waals surface area contributed by atoms with Gasteiger partial charge in [0.1, 0.15) is 17.0 Å². The largest absolute Gasteiger partial charge is 0.497 e. The molecule has 2 heterocycles. The number of ether oxygens (including phenoxy) is 2. The molecule has 0 bridgehead atoms. The van der Waals surface area contributed by atoms with Gasteiger partial charge in [-0.05, 0) is 38.6 Å². The van der Waals surface area contributed by atoms with E-state index >= 15 is 0 Å². The molecule has 1 atom stereocenters. The smallest absolute Gasteiger partial charge is 0.225 e. The number of benzene rings is 1. The quantitative estimate of drug-likeness (QED) is 0.321. The van der Waals surface area contributed by atoms with E-state index in [0.29, 0.717) is 40.7 Å². The third kappa shape index (κ3) is 6.11. The van der Waals surface area contributed by atoms with Gasteiger partial charge in [-0.25, -0.2) is 9.97 Å². The first kappa shape index (κ1) is 25.2. The maximum absolute atomic E-state index is 11.3. The molecule has 0 fully saturated rings. The van der Waals surface area contributed by atoms with E-state index in [1.165, 1.54) is 0 Å². The summed E-state index contributed by atoms with van der Waals surface area (Å²) < 4.78 is 10.8. The number of unbranched alkanes of at least 4 members (excludes halogenated alkanes) is 1. The molecule has 1 unspecified atom stereocenters. The summed E-state index contributed by atoms with van der Waals surface area (Å²) in [5, 5.41) is 10.2. The molecule has 0 radical (unpaired) electrons. The van der Waals surface area contributed by atoms with Crippen LogP contribution < -0.4 is 25.4 Å². The molecule has 0 spiro atoms. The fraction of sp³-hybridized carbons (Fsp3) is 0.440. The molecular weight excluding hydrogens is 432 g/mol. The number of likely N-dealkylation sites (N-methyl/N-ethyl adjacent to an activating group) is 1. The van der Waals surface area contributed by atoms with E-state index in [0.717, 1.165) is 43.4 Å². The molecule has 9 nitrogen and oxygen atoms in total. The second-order valence-electron chi connectivity index (χ2n) is 8.50. The van der Waals surface area contributed by atoms with Gasteiger partial charge < -0.3 is 25.4 Å². The molecule has 3 aromatic rings. The van der Waals surface area contributed by atoms with Crippen molar-refractivity contribution in [3.8, 4) is 11.5 Å². The van der Waals surface area contributed by atoms with Crippen LogP contribution in [-0.2, 0) is 6.54 Å². The van der Waals surface area contributed by atoms with E-state index in [9.17, 15) is 4.79 Å². The van der Waals surface area contributed by atoms with Crippen LogP contribution in [0.1, 0.15) is 49.0 Å². The summed E-state index contributed by atoms with van der Waals surface area (Å²) in [7, 11) is 5.18. The second kappa shape index (κ2) is 11.6. The summed E-state index contributed by atoms with van der Waals surface area (Å²) in [6.07, 6.45) is 5.46. The van der Waals surface area contributed by atoms with Gasteiger partial charge in [-0.15, -0.1) is 0 Å². The Balaban J connectivity index is 1.96. The number of fused-ring (bicyclic) bond motifs is 1. The summed E-state index contributed by atoms with van der Waals surface area (Å²) in [4.78, 5) is 25.2. The lowest BCUT2D eigenvalue weighted by atomic mass is 9.94. The fourth-order valence-corrected chi connectivity index (χ4v) is 3.88. The van der Waals surface area contributed by atoms with Crippen LogP contribution in [0.3, 0.4) is 0 Å². The first-order valence-electron chi connectivity index (χ1n) is 11.5. The van der Waals surface area contributed by atoms with E-state index in [4.69, 9.17) is 14.5 Å². The average molecular weight is 467 g/mol. The maximum atomic E-state index is 11.3. The number of aldehydes is 1. The van der Waals surface area contributed by atoms with Crippen molar-refractivity contribution >= 4 is 29.1 Å². The lowest BCUT2D eigenvalue weighted by Crippen LogP contribution is -2.44. The monoisotopic (exact) mass is 466 g/mol. The van der Waals surface area contributed by atoms with Crippen LogP contribution in [0, 0.1) is 0 Å². The number of nitrogens with one attached hydrogen (secondary N) is 3. The molecule has 2 aromatic heterocycles. The Bertz CT molecular complexity index is 1120. The van der Waals surface area contributed by atoms with E-state index < -0.39 is 0 Å². The number of pyridine rings is 1. The molecule has 34 heavy (non-hydrogen) atoms. The highest BCUT2D eigenvalue weighted by Crippen LogP contribution is 2.28. The topological polar surface area (TPSA) is 110 Å². The number of rotatable bonds is 13. The zero-order valence-electron chi connectivity index (χ0n) is 20.6. The Kier molecular flexibility index (Phi) is 8.59. The molecule has 0 aliphatic rings. The highest BCUT2D eigenvalue weighted by atomic mass is 16.5. The Labute approximate surface area is 200 Å². The standard InChI is InChI=1S/C25H34N6O3/c1-6-7-10-25(2,16-26-3)31-23-22-20(11-17(15-32)13-27-22)29-24(30-23)28-14-18-8-9-19(33-4)12-21(18)34-5/h8-9,11-13,15,26H,6-7,10,14,16H2,1-5H3,(H2,28,29,30,31). The predicted molar refractivity (Wildman–Crippen MR) is 135 cm³/mol. The van der Waals surface area contributed by atoms with Crippen molar-refractivity contribution in [2.24, 2.45) is 0 Å². The summed E-state index contributed by atoms with van der Waals surface area (Å²) in [6, 6.07) is 7.38. The molecule has 3 rings (SSSR count). The summed E-state index contributed by atoms with van der Waals surface area (Å²) >= 11 is 0. The van der Waals surface area contributed by atoms with E-state index in [2.05, 4.69) is 39.8 Å². The normalized spacial score (nSPS) is 12.7. The number of hydrogen-bond acceptors (Lipinski definition) is 9. The van der Waals surface area contributed by atoms with Crippen molar-refractivity contribution in [3.05, 3.63) is 41.6 Å². The number of aromatic nitrogens is 3. The van der Waals surface area contributed by atoms with E-state index in [-0.39, 0.29) is 5.54 Å². The third-order valence-electron chi connectivity index (χ3n) is 5.69. The van der Waals surface area contributed by atoms with Crippen LogP contribution in [-0.4, -0.2) is 54.6 Å². The number of carbonyl (C=O) groups is 1. The highest BCUT2D eigenvalue weighted by Gasteiger charge is 2.25. The first-order chi connectivity index (χ1) is 16.4. The van der Waals surface area contributed by atoms with Crippen molar-refractivity contribution in [3.63, 3.8) is 0 Å². The molecule has 182 valence electrons. The molecule has 9 heteroatoms. The van der Waals surface area contributed by atoms with Crippen LogP contribution in [0.15, 0.2) is 30.5 Å². The summed E-state index contributed by atoms with van der Waals surface area (Å²) in [5.41, 5.74) is 2.38. The Morgan fingerprint density at radius 2 is 1.97 bits per heavy atom. The van der Waals surface area contributed by atoms with Gasteiger partial charge in [-0.1, -0.05) is 19.8 Å². The molecule has 0 amide bonds. The third-order valence-corrected chi connectivity index (χ3v) is 5.69. The van der Waals surface area contributed by atoms with Crippen molar-refractivity contribution in [1.29, 1.82) is 0 Å². The van der Waals surface area contributed by atoms with Gasteiger partial charge in [0.15, 0.2) is 12.1 Å². The van der Waals surface area contributed by atoms with Gasteiger partial charge in [0.2, 0.25) is 5.95 Å². The van der Waals surface area contributed by atoms with E-state index in [1.54, 1.807) is 26.5 Å². The summed E-state index contributed by atoms with van der Waals surface area (Å²) in [6.45, 7) is 5.55. The van der Waals surface area contributed by atoms with Crippen molar-refractivity contribution in [2.45, 2.75) is 45.2 Å². The number of anilines is 2. The van der Waals surface area contributed by atoms with Gasteiger partial charge in [0.05, 0.1) is 19.7 Å². The van der Waals surface area contributed by atoms with Gasteiger partial charge in [0, 0.05) is 42.0 Å². The van der Waals surface area contributed by atoms with E-state index in [1.807, 2.05) is 25.2 Å². The predicted octanol–water partition coefficient (Wildman–Crippen LogP) is 4.05. The van der Waals surface area contributed by atoms with Crippen LogP contribution in [0.25, 0.3) is 11.0 Å². The number of methoxy groups -OCH3 is 2. The Hall–Kier alpha value is -3.46. The zero-order valence-corrected chi connectivity index (χ0v) is 20.6. The number of carbonyl (C=O) groups excluding carboxylic acids is 1. The average Bonchev–Trinajstić information content (AvgIpc) is 2.85. The van der Waals surface area contributed by atoms with Crippen molar-refractivity contribution < 1.29 is 14.3 Å². The van der Waals surface area contributed by atoms with Gasteiger partial charge in [-0.2, -0.15) is 4.98 Å². The van der Waals surface area contributed by atoms with Crippen LogP contribution in [0.2, 0.25) is 0 Å². The lowest BCUT2D eigenvalue weighted by molar-refractivity contribution is 0.112. The molecule has 0 saturated heterocycles. The second-order valence-corrected chi connectivity index (χ2v) is 8.50. The highest BCUT2D eigenvalue weighted by molar-refractivity contribution is 5.90. The van der Waals surface area contributed by atoms with Crippen LogP contribution in [0.4, 0.5) is 11.8 Å². The molecule has 0 saturated carbocycles. The molecule has 0 aliphatic heterocycles. The lowest BCUT2D eigenvalue weighted by Gasteiger charge is -2.31. The molecule has 3 N–H and O–H groups in total. The number of hydrogen-bond donors (Lipinski definition) is 3. The first-order valence-corrected chi connectivity index (χ1v) is 11.5. The zero-order chi connectivity index (χ0) is 24.6. The molecule has 1 aromatic carbocycles. The summed E-state index contributed by atoms with van der Waals surface area (Å²) in [5.74, 6) is 2.48. The Morgan fingerprint density at radius 3 is 2.65 bits per heavy atom. The minimum absolute atomic E-state index is 0.229. The minimum Gasteiger partial charge on any atom is -0.497 e. The van der Waals surface area contributed by atoms with Crippen LogP contribution >= 0.6 is 0 Å². The van der Waals surface area contributed by atoms with Gasteiger partial charge >= 0.3 is 0 Å². The van der Waals surface area contributed by atoms with Crippen LogP contribution in [0.5, 0.6) is 11.5 Å². The number of nitrogens with zero attached hydrogens (tertiary/aromatic N) is 3. The van der Waals surface area contributed by atoms with Crippen molar-refractivity contribution in [1.82, 2.24) is 20.3 Å². The van der Waals surface area contributed by atoms with Gasteiger partial charge in [0.25, 0.3) is 0 Å².